The lowest BCUT2D eigenvalue weighted by Gasteiger charge is -2.30. The van der Waals surface area contributed by atoms with E-state index in [1.165, 1.54) is 28.4 Å². The Bertz CT molecular complexity index is 1170. The van der Waals surface area contributed by atoms with E-state index in [1.807, 2.05) is 22.4 Å². The number of halogens is 1. The predicted molar refractivity (Wildman–Crippen MR) is 120 cm³/mol. The third-order valence-corrected chi connectivity index (χ3v) is 6.79. The third kappa shape index (κ3) is 3.74. The Balaban J connectivity index is 1.39. The first-order chi connectivity index (χ1) is 15.0. The molecule has 1 aliphatic heterocycles. The van der Waals surface area contributed by atoms with Crippen LogP contribution in [0.2, 0.25) is 0 Å². The Kier molecular flexibility index (Phi) is 5.06. The van der Waals surface area contributed by atoms with Gasteiger partial charge >= 0.3 is 0 Å². The SMILES string of the molecule is CN(C(=O)c1ccccc1F)c1nc(-c2ccc3c(c2)CCCN3C(=O)C2CC2)cs1. The fraction of sp³-hybridized carbons (Fsp3) is 0.292. The number of benzene rings is 2. The molecule has 1 aliphatic carbocycles. The fourth-order valence-corrected chi connectivity index (χ4v) is 4.79. The van der Waals surface area contributed by atoms with Crippen LogP contribution in [0.25, 0.3) is 11.3 Å². The molecule has 0 radical (unpaired) electrons. The minimum absolute atomic E-state index is 0.0240. The summed E-state index contributed by atoms with van der Waals surface area (Å²) in [7, 11) is 1.60. The maximum absolute atomic E-state index is 14.0. The molecule has 0 atom stereocenters. The molecule has 0 bridgehead atoms. The van der Waals surface area contributed by atoms with Crippen molar-refractivity contribution in [3.63, 3.8) is 0 Å². The van der Waals surface area contributed by atoms with Crippen molar-refractivity contribution in [1.82, 2.24) is 4.98 Å². The molecule has 2 aromatic carbocycles. The number of hydrogen-bond donors (Lipinski definition) is 0. The molecule has 0 N–H and O–H groups in total. The highest BCUT2D eigenvalue weighted by Crippen LogP contribution is 2.38. The van der Waals surface area contributed by atoms with E-state index in [-0.39, 0.29) is 17.4 Å². The van der Waals surface area contributed by atoms with Gasteiger partial charge in [0.2, 0.25) is 5.91 Å². The van der Waals surface area contributed by atoms with Gasteiger partial charge in [0, 0.05) is 36.1 Å². The summed E-state index contributed by atoms with van der Waals surface area (Å²) < 4.78 is 14.0. The molecule has 5 nitrogen and oxygen atoms in total. The van der Waals surface area contributed by atoms with Gasteiger partial charge in [-0.25, -0.2) is 9.37 Å². The summed E-state index contributed by atoms with van der Waals surface area (Å²) in [6, 6.07) is 12.0. The van der Waals surface area contributed by atoms with Gasteiger partial charge < -0.3 is 4.90 Å². The fourth-order valence-electron chi connectivity index (χ4n) is 3.99. The van der Waals surface area contributed by atoms with Crippen LogP contribution >= 0.6 is 11.3 Å². The standard InChI is InChI=1S/C24H22FN3O2S/c1-27(23(30)18-6-2-3-7-19(18)25)24-26-20(14-31-24)16-10-11-21-17(13-16)5-4-12-28(21)22(29)15-8-9-15/h2-3,6-7,10-11,13-15H,4-5,8-9,12H2,1H3. The van der Waals surface area contributed by atoms with Crippen molar-refractivity contribution in [2.45, 2.75) is 25.7 Å². The zero-order chi connectivity index (χ0) is 21.5. The highest BCUT2D eigenvalue weighted by atomic mass is 32.1. The van der Waals surface area contributed by atoms with Crippen molar-refractivity contribution in [3.8, 4) is 11.3 Å². The average Bonchev–Trinajstić information content (AvgIpc) is 3.53. The number of rotatable bonds is 4. The van der Waals surface area contributed by atoms with Gasteiger partial charge in [-0.15, -0.1) is 11.3 Å². The van der Waals surface area contributed by atoms with E-state index in [0.717, 1.165) is 54.7 Å². The van der Waals surface area contributed by atoms with Gasteiger partial charge in [-0.3, -0.25) is 14.5 Å². The number of nitrogens with zero attached hydrogens (tertiary/aromatic N) is 3. The molecule has 5 rings (SSSR count). The van der Waals surface area contributed by atoms with Gasteiger partial charge in [0.25, 0.3) is 5.91 Å². The molecule has 2 heterocycles. The first-order valence-corrected chi connectivity index (χ1v) is 11.3. The molecule has 1 saturated carbocycles. The monoisotopic (exact) mass is 435 g/mol. The summed E-state index contributed by atoms with van der Waals surface area (Å²) in [5.41, 5.74) is 3.91. The number of carbonyl (C=O) groups excluding carboxylic acids is 2. The second kappa shape index (κ2) is 7.89. The van der Waals surface area contributed by atoms with Crippen LogP contribution in [-0.2, 0) is 11.2 Å². The quantitative estimate of drug-likeness (QED) is 0.585. The largest absolute Gasteiger partial charge is 0.312 e. The Hall–Kier alpha value is -3.06. The molecule has 1 aromatic heterocycles. The Morgan fingerprint density at radius 1 is 1.19 bits per heavy atom. The van der Waals surface area contributed by atoms with Crippen LogP contribution in [-0.4, -0.2) is 30.4 Å². The Morgan fingerprint density at radius 3 is 2.77 bits per heavy atom. The van der Waals surface area contributed by atoms with E-state index in [0.29, 0.717) is 5.13 Å². The summed E-state index contributed by atoms with van der Waals surface area (Å²) >= 11 is 1.34. The lowest BCUT2D eigenvalue weighted by atomic mass is 9.98. The molecule has 2 amide bonds. The van der Waals surface area contributed by atoms with Crippen molar-refractivity contribution >= 4 is 34.0 Å². The van der Waals surface area contributed by atoms with Gasteiger partial charge in [0.05, 0.1) is 11.3 Å². The molecule has 7 heteroatoms. The van der Waals surface area contributed by atoms with Gasteiger partial charge in [0.1, 0.15) is 5.82 Å². The molecule has 1 fully saturated rings. The third-order valence-electron chi connectivity index (χ3n) is 5.87. The minimum Gasteiger partial charge on any atom is -0.312 e. The second-order valence-corrected chi connectivity index (χ2v) is 8.91. The number of fused-ring (bicyclic) bond motifs is 1. The minimum atomic E-state index is -0.545. The van der Waals surface area contributed by atoms with E-state index in [4.69, 9.17) is 0 Å². The van der Waals surface area contributed by atoms with E-state index < -0.39 is 11.7 Å². The second-order valence-electron chi connectivity index (χ2n) is 8.07. The van der Waals surface area contributed by atoms with Gasteiger partial charge in [-0.05, 0) is 55.5 Å². The number of hydrogen-bond acceptors (Lipinski definition) is 4. The highest BCUT2D eigenvalue weighted by Gasteiger charge is 2.35. The molecule has 2 aliphatic rings. The van der Waals surface area contributed by atoms with Crippen molar-refractivity contribution in [1.29, 1.82) is 0 Å². The number of aromatic nitrogens is 1. The van der Waals surface area contributed by atoms with Crippen LogP contribution in [0.5, 0.6) is 0 Å². The normalized spacial score (nSPS) is 15.5. The molecular weight excluding hydrogens is 413 g/mol. The van der Waals surface area contributed by atoms with Crippen LogP contribution in [0.1, 0.15) is 35.2 Å². The zero-order valence-corrected chi connectivity index (χ0v) is 18.0. The van der Waals surface area contributed by atoms with Gasteiger partial charge in [0.15, 0.2) is 5.13 Å². The number of anilines is 2. The lowest BCUT2D eigenvalue weighted by molar-refractivity contribution is -0.119. The summed E-state index contributed by atoms with van der Waals surface area (Å²) in [6.45, 7) is 0.783. The predicted octanol–water partition coefficient (Wildman–Crippen LogP) is 4.92. The first kappa shape index (κ1) is 19.9. The lowest BCUT2D eigenvalue weighted by Crippen LogP contribution is -2.36. The van der Waals surface area contributed by atoms with E-state index >= 15 is 0 Å². The maximum Gasteiger partial charge on any atom is 0.262 e. The van der Waals surface area contributed by atoms with Crippen LogP contribution in [0.4, 0.5) is 15.2 Å². The summed E-state index contributed by atoms with van der Waals surface area (Å²) in [5, 5.41) is 2.41. The van der Waals surface area contributed by atoms with Gasteiger partial charge in [-0.1, -0.05) is 18.2 Å². The molecule has 0 spiro atoms. The number of aryl methyl sites for hydroxylation is 1. The van der Waals surface area contributed by atoms with Crippen molar-refractivity contribution in [3.05, 3.63) is 64.8 Å². The van der Waals surface area contributed by atoms with Crippen molar-refractivity contribution < 1.29 is 14.0 Å². The smallest absolute Gasteiger partial charge is 0.262 e. The molecule has 31 heavy (non-hydrogen) atoms. The van der Waals surface area contributed by atoms with Crippen molar-refractivity contribution in [2.24, 2.45) is 5.92 Å². The van der Waals surface area contributed by atoms with Crippen LogP contribution in [0, 0.1) is 11.7 Å². The van der Waals surface area contributed by atoms with E-state index in [1.54, 1.807) is 19.2 Å². The maximum atomic E-state index is 14.0. The molecule has 3 aromatic rings. The summed E-state index contributed by atoms with van der Waals surface area (Å²) in [4.78, 5) is 33.2. The first-order valence-electron chi connectivity index (χ1n) is 10.5. The molecule has 158 valence electrons. The van der Waals surface area contributed by atoms with Crippen molar-refractivity contribution in [2.75, 3.05) is 23.4 Å². The highest BCUT2D eigenvalue weighted by molar-refractivity contribution is 7.14. The van der Waals surface area contributed by atoms with E-state index in [2.05, 4.69) is 11.1 Å². The molecular formula is C24H22FN3O2S. The Morgan fingerprint density at radius 2 is 2.00 bits per heavy atom. The number of carbonyl (C=O) groups is 2. The topological polar surface area (TPSA) is 53.5 Å². The van der Waals surface area contributed by atoms with Crippen LogP contribution < -0.4 is 9.80 Å². The zero-order valence-electron chi connectivity index (χ0n) is 17.2. The number of thiazole rings is 1. The Labute approximate surface area is 184 Å². The van der Waals surface area contributed by atoms with Gasteiger partial charge in [-0.2, -0.15) is 0 Å². The summed E-state index contributed by atoms with van der Waals surface area (Å²) in [6.07, 6.45) is 3.89. The number of amides is 2. The summed E-state index contributed by atoms with van der Waals surface area (Å²) in [5.74, 6) is -0.526. The van der Waals surface area contributed by atoms with Crippen LogP contribution in [0.15, 0.2) is 47.8 Å². The van der Waals surface area contributed by atoms with Crippen LogP contribution in [0.3, 0.4) is 0 Å². The molecule has 0 saturated heterocycles. The van der Waals surface area contributed by atoms with E-state index in [9.17, 15) is 14.0 Å². The molecule has 0 unspecified atom stereocenters. The average molecular weight is 436 g/mol.